The number of carbonyl (C=O) groups excluding carboxylic acids is 1. The lowest BCUT2D eigenvalue weighted by Crippen LogP contribution is -2.26. The molecule has 7 nitrogen and oxygen atoms in total. The van der Waals surface area contributed by atoms with Crippen LogP contribution in [0.25, 0.3) is 0 Å². The molecule has 0 fully saturated rings. The Balaban J connectivity index is 1.78. The first-order valence-electron chi connectivity index (χ1n) is 6.80. The van der Waals surface area contributed by atoms with E-state index in [2.05, 4.69) is 15.4 Å². The van der Waals surface area contributed by atoms with E-state index in [9.17, 15) is 4.79 Å². The van der Waals surface area contributed by atoms with Crippen molar-refractivity contribution < 1.29 is 9.90 Å². The maximum absolute atomic E-state index is 12.5. The maximum Gasteiger partial charge on any atom is 0.254 e. The van der Waals surface area contributed by atoms with Crippen molar-refractivity contribution in [2.75, 3.05) is 19.0 Å². The van der Waals surface area contributed by atoms with Gasteiger partial charge in [0.2, 0.25) is 0 Å². The number of amides is 1. The van der Waals surface area contributed by atoms with Gasteiger partial charge in [-0.15, -0.1) is 0 Å². The normalized spacial score (nSPS) is 13.3. The third kappa shape index (κ3) is 2.47. The number of anilines is 1. The van der Waals surface area contributed by atoms with E-state index in [4.69, 9.17) is 5.11 Å². The minimum atomic E-state index is -0.0272. The molecule has 0 unspecified atom stereocenters. The molecule has 0 saturated heterocycles. The Morgan fingerprint density at radius 3 is 3.10 bits per heavy atom. The molecule has 3 rings (SSSR count). The zero-order valence-electron chi connectivity index (χ0n) is 11.8. The number of hydrogen-bond donors (Lipinski definition) is 2. The molecule has 1 aliphatic heterocycles. The summed E-state index contributed by atoms with van der Waals surface area (Å²) < 4.78 is 1.76. The van der Waals surface area contributed by atoms with Crippen LogP contribution in [0.15, 0.2) is 24.5 Å². The third-order valence-corrected chi connectivity index (χ3v) is 3.60. The SMILES string of the molecule is CNc1cc(C(=O)N2Cc3cnn(CCO)c3C2)ccn1. The zero-order chi connectivity index (χ0) is 14.8. The van der Waals surface area contributed by atoms with E-state index in [0.29, 0.717) is 31.0 Å². The van der Waals surface area contributed by atoms with Crippen molar-refractivity contribution in [2.45, 2.75) is 19.6 Å². The van der Waals surface area contributed by atoms with Crippen molar-refractivity contribution >= 4 is 11.7 Å². The molecule has 110 valence electrons. The fourth-order valence-corrected chi connectivity index (χ4v) is 2.52. The van der Waals surface area contributed by atoms with Gasteiger partial charge in [-0.3, -0.25) is 9.48 Å². The summed E-state index contributed by atoms with van der Waals surface area (Å²) >= 11 is 0. The average molecular weight is 287 g/mol. The molecule has 0 spiro atoms. The second kappa shape index (κ2) is 5.53. The lowest BCUT2D eigenvalue weighted by molar-refractivity contribution is 0.0747. The van der Waals surface area contributed by atoms with E-state index in [1.165, 1.54) is 0 Å². The zero-order valence-corrected chi connectivity index (χ0v) is 11.8. The average Bonchev–Trinajstić information content (AvgIpc) is 3.09. The molecule has 1 amide bonds. The molecule has 2 aromatic rings. The van der Waals surface area contributed by atoms with Crippen molar-refractivity contribution in [3.05, 3.63) is 41.3 Å². The fourth-order valence-electron chi connectivity index (χ4n) is 2.52. The predicted octanol–water partition coefficient (Wildman–Crippen LogP) is 0.468. The molecule has 2 N–H and O–H groups in total. The lowest BCUT2D eigenvalue weighted by Gasteiger charge is -2.16. The van der Waals surface area contributed by atoms with Crippen molar-refractivity contribution in [1.82, 2.24) is 19.7 Å². The Labute approximate surface area is 122 Å². The number of rotatable bonds is 4. The smallest absolute Gasteiger partial charge is 0.254 e. The van der Waals surface area contributed by atoms with Gasteiger partial charge >= 0.3 is 0 Å². The van der Waals surface area contributed by atoms with Crippen LogP contribution in [0.1, 0.15) is 21.6 Å². The first kappa shape index (κ1) is 13.6. The number of aliphatic hydroxyl groups excluding tert-OH is 1. The lowest BCUT2D eigenvalue weighted by atomic mass is 10.2. The number of nitrogens with zero attached hydrogens (tertiary/aromatic N) is 4. The van der Waals surface area contributed by atoms with Gasteiger partial charge in [-0.1, -0.05) is 0 Å². The van der Waals surface area contributed by atoms with Crippen LogP contribution in [-0.2, 0) is 19.6 Å². The number of hydrogen-bond acceptors (Lipinski definition) is 5. The Kier molecular flexibility index (Phi) is 3.57. The van der Waals surface area contributed by atoms with Crippen LogP contribution in [0.5, 0.6) is 0 Å². The van der Waals surface area contributed by atoms with Crippen LogP contribution < -0.4 is 5.32 Å². The van der Waals surface area contributed by atoms with E-state index in [-0.39, 0.29) is 12.5 Å². The first-order chi connectivity index (χ1) is 10.2. The summed E-state index contributed by atoms with van der Waals surface area (Å²) in [5, 5.41) is 16.2. The van der Waals surface area contributed by atoms with Gasteiger partial charge in [0.05, 0.1) is 31.6 Å². The van der Waals surface area contributed by atoms with Crippen LogP contribution in [0.2, 0.25) is 0 Å². The van der Waals surface area contributed by atoms with Gasteiger partial charge in [-0.05, 0) is 12.1 Å². The molecule has 1 aliphatic rings. The number of pyridine rings is 1. The standard InChI is InChI=1S/C14H17N5O2/c1-15-13-6-10(2-3-16-13)14(21)18-8-11-7-17-19(4-5-20)12(11)9-18/h2-3,6-7,20H,4-5,8-9H2,1H3,(H,15,16). The van der Waals surface area contributed by atoms with Crippen molar-refractivity contribution in [1.29, 1.82) is 0 Å². The second-order valence-corrected chi connectivity index (χ2v) is 4.90. The van der Waals surface area contributed by atoms with Crippen LogP contribution in [0, 0.1) is 0 Å². The molecular formula is C14H17N5O2. The Bertz CT molecular complexity index is 667. The molecule has 0 bridgehead atoms. The van der Waals surface area contributed by atoms with Crippen LogP contribution >= 0.6 is 0 Å². The number of aromatic nitrogens is 3. The first-order valence-corrected chi connectivity index (χ1v) is 6.80. The minimum absolute atomic E-state index is 0.0272. The highest BCUT2D eigenvalue weighted by molar-refractivity contribution is 5.95. The van der Waals surface area contributed by atoms with E-state index in [1.807, 2.05) is 0 Å². The van der Waals surface area contributed by atoms with Crippen LogP contribution in [0.4, 0.5) is 5.82 Å². The summed E-state index contributed by atoms with van der Waals surface area (Å²) in [5.74, 6) is 0.643. The molecule has 0 saturated carbocycles. The summed E-state index contributed by atoms with van der Waals surface area (Å²) in [6.07, 6.45) is 3.39. The van der Waals surface area contributed by atoms with Crippen molar-refractivity contribution in [2.24, 2.45) is 0 Å². The molecule has 7 heteroatoms. The Hall–Kier alpha value is -2.41. The maximum atomic E-state index is 12.5. The summed E-state index contributed by atoms with van der Waals surface area (Å²) in [6, 6.07) is 3.46. The minimum Gasteiger partial charge on any atom is -0.394 e. The Morgan fingerprint density at radius 1 is 1.48 bits per heavy atom. The summed E-state index contributed by atoms with van der Waals surface area (Å²) in [5.41, 5.74) is 2.65. The monoisotopic (exact) mass is 287 g/mol. The molecule has 0 aromatic carbocycles. The molecule has 21 heavy (non-hydrogen) atoms. The molecule has 3 heterocycles. The largest absolute Gasteiger partial charge is 0.394 e. The van der Waals surface area contributed by atoms with Gasteiger partial charge in [-0.2, -0.15) is 5.10 Å². The number of aliphatic hydroxyl groups is 1. The number of carbonyl (C=O) groups is 1. The van der Waals surface area contributed by atoms with Gasteiger partial charge in [0.25, 0.3) is 5.91 Å². The van der Waals surface area contributed by atoms with Crippen molar-refractivity contribution in [3.8, 4) is 0 Å². The highest BCUT2D eigenvalue weighted by Crippen LogP contribution is 2.24. The Morgan fingerprint density at radius 2 is 2.33 bits per heavy atom. The van der Waals surface area contributed by atoms with Crippen LogP contribution in [-0.4, -0.2) is 44.3 Å². The third-order valence-electron chi connectivity index (χ3n) is 3.60. The van der Waals surface area contributed by atoms with E-state index in [1.54, 1.807) is 41.2 Å². The van der Waals surface area contributed by atoms with Gasteiger partial charge in [0.1, 0.15) is 5.82 Å². The van der Waals surface area contributed by atoms with Gasteiger partial charge in [0, 0.05) is 30.9 Å². The fraction of sp³-hybridized carbons (Fsp3) is 0.357. The molecular weight excluding hydrogens is 270 g/mol. The molecule has 0 radical (unpaired) electrons. The van der Waals surface area contributed by atoms with E-state index >= 15 is 0 Å². The van der Waals surface area contributed by atoms with Crippen molar-refractivity contribution in [3.63, 3.8) is 0 Å². The predicted molar refractivity (Wildman–Crippen MR) is 76.7 cm³/mol. The van der Waals surface area contributed by atoms with Gasteiger partial charge in [-0.25, -0.2) is 4.98 Å². The summed E-state index contributed by atoms with van der Waals surface area (Å²) in [4.78, 5) is 18.4. The van der Waals surface area contributed by atoms with E-state index in [0.717, 1.165) is 11.3 Å². The quantitative estimate of drug-likeness (QED) is 0.854. The summed E-state index contributed by atoms with van der Waals surface area (Å²) in [7, 11) is 1.77. The number of fused-ring (bicyclic) bond motifs is 1. The molecule has 2 aromatic heterocycles. The highest BCUT2D eigenvalue weighted by atomic mass is 16.3. The van der Waals surface area contributed by atoms with E-state index < -0.39 is 0 Å². The highest BCUT2D eigenvalue weighted by Gasteiger charge is 2.27. The van der Waals surface area contributed by atoms with Gasteiger partial charge in [0.15, 0.2) is 0 Å². The summed E-state index contributed by atoms with van der Waals surface area (Å²) in [6.45, 7) is 1.57. The van der Waals surface area contributed by atoms with Crippen LogP contribution in [0.3, 0.4) is 0 Å². The topological polar surface area (TPSA) is 83.3 Å². The molecule has 0 aliphatic carbocycles. The number of nitrogens with one attached hydrogen (secondary N) is 1. The second-order valence-electron chi connectivity index (χ2n) is 4.90. The molecule has 0 atom stereocenters. The van der Waals surface area contributed by atoms with Gasteiger partial charge < -0.3 is 15.3 Å².